The highest BCUT2D eigenvalue weighted by Crippen LogP contribution is 2.21. The number of fused-ring (bicyclic) bond motifs is 1. The summed E-state index contributed by atoms with van der Waals surface area (Å²) < 4.78 is 2.97. The number of aromatic nitrogens is 2. The highest BCUT2D eigenvalue weighted by molar-refractivity contribution is 9.10. The molecule has 1 heterocycles. The quantitative estimate of drug-likeness (QED) is 0.799. The fourth-order valence-corrected chi connectivity index (χ4v) is 2.61. The lowest BCUT2D eigenvalue weighted by Crippen LogP contribution is -2.00. The van der Waals surface area contributed by atoms with Gasteiger partial charge in [-0.2, -0.15) is 0 Å². The number of para-hydroxylation sites is 1. The third-order valence-electron chi connectivity index (χ3n) is 3.18. The van der Waals surface area contributed by atoms with E-state index in [1.807, 2.05) is 34.9 Å². The molecule has 0 saturated heterocycles. The molecule has 0 fully saturated rings. The molecule has 0 spiro atoms. The molecule has 2 aromatic carbocycles. The normalized spacial score (nSPS) is 10.8. The lowest BCUT2D eigenvalue weighted by Gasteiger charge is -2.07. The molecule has 0 unspecified atom stereocenters. The minimum atomic E-state index is -0.957. The molecule has 5 heteroatoms. The summed E-state index contributed by atoms with van der Waals surface area (Å²) in [6.45, 7) is 0.640. The summed E-state index contributed by atoms with van der Waals surface area (Å²) in [6.07, 6.45) is 1.68. The maximum atomic E-state index is 11.2. The van der Waals surface area contributed by atoms with E-state index in [0.29, 0.717) is 12.1 Å². The van der Waals surface area contributed by atoms with Gasteiger partial charge in [0.1, 0.15) is 5.52 Å². The summed E-state index contributed by atoms with van der Waals surface area (Å²) in [5.41, 5.74) is 2.69. The van der Waals surface area contributed by atoms with Crippen LogP contribution in [0.25, 0.3) is 11.0 Å². The molecule has 1 N–H and O–H groups in total. The van der Waals surface area contributed by atoms with Crippen LogP contribution in [0.15, 0.2) is 53.3 Å². The van der Waals surface area contributed by atoms with Crippen LogP contribution in [0.1, 0.15) is 15.9 Å². The number of rotatable bonds is 3. The summed E-state index contributed by atoms with van der Waals surface area (Å²) >= 11 is 3.52. The van der Waals surface area contributed by atoms with E-state index in [1.54, 1.807) is 18.5 Å². The van der Waals surface area contributed by atoms with Gasteiger partial charge in [-0.3, -0.25) is 0 Å². The van der Waals surface area contributed by atoms with Gasteiger partial charge in [0.05, 0.1) is 24.0 Å². The topological polar surface area (TPSA) is 55.1 Å². The van der Waals surface area contributed by atoms with Gasteiger partial charge < -0.3 is 9.67 Å². The van der Waals surface area contributed by atoms with Crippen molar-refractivity contribution in [1.29, 1.82) is 0 Å². The Labute approximate surface area is 123 Å². The molecule has 0 radical (unpaired) electrons. The average Bonchev–Trinajstić information content (AvgIpc) is 2.84. The number of imidazole rings is 1. The number of carboxylic acids is 1. The zero-order valence-corrected chi connectivity index (χ0v) is 12.0. The van der Waals surface area contributed by atoms with Crippen molar-refractivity contribution in [1.82, 2.24) is 9.55 Å². The van der Waals surface area contributed by atoms with Crippen LogP contribution < -0.4 is 0 Å². The van der Waals surface area contributed by atoms with Gasteiger partial charge in [-0.05, 0) is 23.8 Å². The van der Waals surface area contributed by atoms with Gasteiger partial charge in [0.2, 0.25) is 0 Å². The largest absolute Gasteiger partial charge is 0.478 e. The molecule has 0 atom stereocenters. The maximum Gasteiger partial charge on any atom is 0.337 e. The predicted octanol–water partition coefficient (Wildman–Crippen LogP) is 3.55. The number of benzene rings is 2. The molecule has 1 aromatic heterocycles. The van der Waals surface area contributed by atoms with Crippen LogP contribution in [0.3, 0.4) is 0 Å². The molecule has 3 rings (SSSR count). The molecule has 0 amide bonds. The molecule has 20 heavy (non-hydrogen) atoms. The molecule has 0 bridgehead atoms. The summed E-state index contributed by atoms with van der Waals surface area (Å²) in [4.78, 5) is 15.4. The number of halogens is 1. The Kier molecular flexibility index (Phi) is 3.28. The Morgan fingerprint density at radius 3 is 2.75 bits per heavy atom. The summed E-state index contributed by atoms with van der Waals surface area (Å²) in [5, 5.41) is 9.17. The van der Waals surface area contributed by atoms with Crippen molar-refractivity contribution in [2.24, 2.45) is 0 Å². The minimum Gasteiger partial charge on any atom is -0.478 e. The van der Waals surface area contributed by atoms with Crippen LogP contribution in [0.5, 0.6) is 0 Å². The fraction of sp³-hybridized carbons (Fsp3) is 0.0667. The Morgan fingerprint density at radius 1 is 1.20 bits per heavy atom. The van der Waals surface area contributed by atoms with Gasteiger partial charge >= 0.3 is 5.97 Å². The van der Waals surface area contributed by atoms with E-state index in [4.69, 9.17) is 5.11 Å². The summed E-state index contributed by atoms with van der Waals surface area (Å²) in [7, 11) is 0. The number of nitrogens with zero attached hydrogens (tertiary/aromatic N) is 2. The first-order valence-electron chi connectivity index (χ1n) is 6.07. The van der Waals surface area contributed by atoms with E-state index in [0.717, 1.165) is 15.6 Å². The van der Waals surface area contributed by atoms with Crippen LogP contribution in [-0.2, 0) is 6.54 Å². The van der Waals surface area contributed by atoms with Crippen LogP contribution in [0.2, 0.25) is 0 Å². The number of hydrogen-bond donors (Lipinski definition) is 1. The zero-order valence-electron chi connectivity index (χ0n) is 10.5. The first-order valence-corrected chi connectivity index (χ1v) is 6.86. The molecule has 0 saturated carbocycles. The molecule has 4 nitrogen and oxygen atoms in total. The van der Waals surface area contributed by atoms with E-state index in [2.05, 4.69) is 20.9 Å². The second kappa shape index (κ2) is 5.09. The van der Waals surface area contributed by atoms with Gasteiger partial charge in [0.25, 0.3) is 0 Å². The van der Waals surface area contributed by atoms with Crippen molar-refractivity contribution in [3.63, 3.8) is 0 Å². The van der Waals surface area contributed by atoms with E-state index < -0.39 is 5.97 Å². The number of aromatic carboxylic acids is 1. The van der Waals surface area contributed by atoms with Gasteiger partial charge in [-0.25, -0.2) is 9.78 Å². The Hall–Kier alpha value is -2.14. The van der Waals surface area contributed by atoms with E-state index in [1.165, 1.54) is 0 Å². The standard InChI is InChI=1S/C15H11BrN2O2/c16-12-6-2-1-4-10(12)8-18-9-17-14-11(15(19)20)5-3-7-13(14)18/h1-7,9H,8H2,(H,19,20). The van der Waals surface area contributed by atoms with Crippen LogP contribution in [0, 0.1) is 0 Å². The van der Waals surface area contributed by atoms with Crippen molar-refractivity contribution < 1.29 is 9.90 Å². The molecule has 0 aliphatic carbocycles. The lowest BCUT2D eigenvalue weighted by atomic mass is 10.2. The molecule has 100 valence electrons. The smallest absolute Gasteiger partial charge is 0.337 e. The molecule has 3 aromatic rings. The number of carboxylic acid groups (broad SMARTS) is 1. The van der Waals surface area contributed by atoms with Gasteiger partial charge in [0, 0.05) is 4.47 Å². The molecule has 0 aliphatic heterocycles. The Morgan fingerprint density at radius 2 is 2.00 bits per heavy atom. The summed E-state index contributed by atoms with van der Waals surface area (Å²) in [6, 6.07) is 13.1. The average molecular weight is 331 g/mol. The fourth-order valence-electron chi connectivity index (χ4n) is 2.20. The highest BCUT2D eigenvalue weighted by Gasteiger charge is 2.12. The molecular weight excluding hydrogens is 320 g/mol. The SMILES string of the molecule is O=C(O)c1cccc2c1ncn2Cc1ccccc1Br. The predicted molar refractivity (Wildman–Crippen MR) is 79.9 cm³/mol. The van der Waals surface area contributed by atoms with Crippen LogP contribution in [-0.4, -0.2) is 20.6 Å². The second-order valence-electron chi connectivity index (χ2n) is 4.44. The van der Waals surface area contributed by atoms with Gasteiger partial charge in [-0.15, -0.1) is 0 Å². The van der Waals surface area contributed by atoms with Crippen LogP contribution >= 0.6 is 15.9 Å². The third-order valence-corrected chi connectivity index (χ3v) is 3.95. The Balaban J connectivity index is 2.08. The van der Waals surface area contributed by atoms with Gasteiger partial charge in [-0.1, -0.05) is 40.2 Å². The number of carbonyl (C=O) groups is 1. The highest BCUT2D eigenvalue weighted by atomic mass is 79.9. The van der Waals surface area contributed by atoms with Crippen molar-refractivity contribution in [3.05, 3.63) is 64.4 Å². The van der Waals surface area contributed by atoms with E-state index in [-0.39, 0.29) is 5.56 Å². The van der Waals surface area contributed by atoms with Crippen molar-refractivity contribution in [2.45, 2.75) is 6.54 Å². The van der Waals surface area contributed by atoms with Gasteiger partial charge in [0.15, 0.2) is 0 Å². The molecular formula is C15H11BrN2O2. The monoisotopic (exact) mass is 330 g/mol. The Bertz CT molecular complexity index is 795. The maximum absolute atomic E-state index is 11.2. The first kappa shape index (κ1) is 12.9. The first-order chi connectivity index (χ1) is 9.66. The zero-order chi connectivity index (χ0) is 14.1. The van der Waals surface area contributed by atoms with E-state index in [9.17, 15) is 4.79 Å². The minimum absolute atomic E-state index is 0.230. The molecule has 0 aliphatic rings. The summed E-state index contributed by atoms with van der Waals surface area (Å²) in [5.74, 6) is -0.957. The lowest BCUT2D eigenvalue weighted by molar-refractivity contribution is 0.0699. The van der Waals surface area contributed by atoms with Crippen molar-refractivity contribution in [2.75, 3.05) is 0 Å². The second-order valence-corrected chi connectivity index (χ2v) is 5.30. The third kappa shape index (κ3) is 2.20. The van der Waals surface area contributed by atoms with Crippen molar-refractivity contribution in [3.8, 4) is 0 Å². The van der Waals surface area contributed by atoms with Crippen LogP contribution in [0.4, 0.5) is 0 Å². The number of hydrogen-bond acceptors (Lipinski definition) is 2. The van der Waals surface area contributed by atoms with E-state index >= 15 is 0 Å². The van der Waals surface area contributed by atoms with Crippen molar-refractivity contribution >= 4 is 32.9 Å².